The smallest absolute Gasteiger partial charge is 0.253 e. The van der Waals surface area contributed by atoms with Gasteiger partial charge in [0, 0.05) is 11.2 Å². The molecule has 1 aliphatic heterocycles. The average Bonchev–Trinajstić information content (AvgIpc) is 2.52. The number of carbonyl (C=O) groups excluding carboxylic acids is 1. The van der Waals surface area contributed by atoms with Crippen molar-refractivity contribution in [2.75, 3.05) is 5.01 Å². The summed E-state index contributed by atoms with van der Waals surface area (Å²) in [6, 6.07) is 8.40. The summed E-state index contributed by atoms with van der Waals surface area (Å²) >= 11 is 0. The molecular weight excluding hydrogens is 176 g/mol. The second kappa shape index (κ2) is 3.62. The molecule has 0 fully saturated rings. The molecule has 72 valence electrons. The number of para-hydroxylation sites is 1. The van der Waals surface area contributed by atoms with E-state index in [4.69, 9.17) is 5.48 Å². The SMILES string of the molecule is [2H]C([2H])(C)C1=NN(c2ccccc2)C(=O)C1([2H])[2H]. The number of hydrogen-bond donors (Lipinski definition) is 0. The van der Waals surface area contributed by atoms with E-state index in [9.17, 15) is 4.79 Å². The van der Waals surface area contributed by atoms with E-state index in [0.717, 1.165) is 5.01 Å². The first-order valence-corrected chi connectivity index (χ1v) is 4.24. The van der Waals surface area contributed by atoms with Gasteiger partial charge >= 0.3 is 0 Å². The Bertz CT molecular complexity index is 508. The lowest BCUT2D eigenvalue weighted by Crippen LogP contribution is -2.19. The van der Waals surface area contributed by atoms with Crippen molar-refractivity contribution in [3.63, 3.8) is 0 Å². The predicted molar refractivity (Wildman–Crippen MR) is 56.3 cm³/mol. The largest absolute Gasteiger partial charge is 0.272 e. The van der Waals surface area contributed by atoms with Crippen LogP contribution in [-0.2, 0) is 4.79 Å². The minimum atomic E-state index is -2.41. The fraction of sp³-hybridized carbons (Fsp3) is 0.273. The lowest BCUT2D eigenvalue weighted by molar-refractivity contribution is -0.116. The minimum Gasteiger partial charge on any atom is -0.272 e. The van der Waals surface area contributed by atoms with Gasteiger partial charge in [0.2, 0.25) is 0 Å². The Balaban J connectivity index is 2.48. The highest BCUT2D eigenvalue weighted by atomic mass is 16.2. The normalized spacial score (nSPS) is 24.8. The maximum Gasteiger partial charge on any atom is 0.253 e. The standard InChI is InChI=1S/C11H12N2O/c1-2-9-8-11(14)13(12-9)10-6-4-3-5-7-10/h3-7H,2,8H2,1H3/i2D2,8D2. The molecule has 3 nitrogen and oxygen atoms in total. The van der Waals surface area contributed by atoms with E-state index in [1.165, 1.54) is 6.92 Å². The van der Waals surface area contributed by atoms with E-state index in [-0.39, 0.29) is 0 Å². The van der Waals surface area contributed by atoms with Gasteiger partial charge in [0.1, 0.15) is 0 Å². The Morgan fingerprint density at radius 1 is 1.57 bits per heavy atom. The van der Waals surface area contributed by atoms with Gasteiger partial charge in [-0.2, -0.15) is 5.10 Å². The van der Waals surface area contributed by atoms with Crippen molar-refractivity contribution in [3.8, 4) is 0 Å². The Labute approximate surface area is 88.7 Å². The Morgan fingerprint density at radius 3 is 2.86 bits per heavy atom. The van der Waals surface area contributed by atoms with E-state index in [0.29, 0.717) is 5.69 Å². The van der Waals surface area contributed by atoms with Crippen LogP contribution in [0.3, 0.4) is 0 Å². The van der Waals surface area contributed by atoms with Crippen LogP contribution in [0.15, 0.2) is 35.4 Å². The van der Waals surface area contributed by atoms with Crippen LogP contribution in [0.4, 0.5) is 5.69 Å². The number of hydrogen-bond acceptors (Lipinski definition) is 2. The highest BCUT2D eigenvalue weighted by Crippen LogP contribution is 2.20. The Kier molecular flexibility index (Phi) is 1.37. The monoisotopic (exact) mass is 192 g/mol. The van der Waals surface area contributed by atoms with Crippen LogP contribution < -0.4 is 5.01 Å². The molecule has 0 aliphatic carbocycles. The molecule has 0 N–H and O–H groups in total. The molecule has 3 heteroatoms. The zero-order valence-electron chi connectivity index (χ0n) is 11.7. The van der Waals surface area contributed by atoms with Crippen LogP contribution in [-0.4, -0.2) is 11.6 Å². The summed E-state index contributed by atoms with van der Waals surface area (Å²) in [4.78, 5) is 12.0. The van der Waals surface area contributed by atoms with Crippen molar-refractivity contribution in [3.05, 3.63) is 30.3 Å². The molecule has 1 aromatic rings. The zero-order valence-corrected chi connectivity index (χ0v) is 7.69. The van der Waals surface area contributed by atoms with Crippen LogP contribution in [0.1, 0.15) is 25.2 Å². The van der Waals surface area contributed by atoms with Gasteiger partial charge in [0.15, 0.2) is 0 Å². The zero-order chi connectivity index (χ0) is 13.6. The molecule has 0 saturated carbocycles. The van der Waals surface area contributed by atoms with Crippen LogP contribution in [0.2, 0.25) is 0 Å². The van der Waals surface area contributed by atoms with Gasteiger partial charge in [-0.25, -0.2) is 5.01 Å². The maximum absolute atomic E-state index is 12.0. The molecule has 0 aromatic heterocycles. The Morgan fingerprint density at radius 2 is 2.29 bits per heavy atom. The van der Waals surface area contributed by atoms with Gasteiger partial charge in [-0.05, 0) is 18.5 Å². The summed E-state index contributed by atoms with van der Waals surface area (Å²) in [6.45, 7) is 1.19. The van der Waals surface area contributed by atoms with E-state index in [2.05, 4.69) is 5.10 Å². The van der Waals surface area contributed by atoms with Crippen molar-refractivity contribution in [1.29, 1.82) is 0 Å². The molecule has 1 heterocycles. The summed E-state index contributed by atoms with van der Waals surface area (Å²) in [7, 11) is 0. The van der Waals surface area contributed by atoms with Crippen molar-refractivity contribution in [2.45, 2.75) is 19.7 Å². The highest BCUT2D eigenvalue weighted by molar-refractivity contribution is 6.12. The van der Waals surface area contributed by atoms with Gasteiger partial charge < -0.3 is 0 Å². The lowest BCUT2D eigenvalue weighted by atomic mass is 10.2. The van der Waals surface area contributed by atoms with Crippen LogP contribution >= 0.6 is 0 Å². The van der Waals surface area contributed by atoms with Gasteiger partial charge in [-0.1, -0.05) is 25.1 Å². The molecule has 0 spiro atoms. The molecule has 14 heavy (non-hydrogen) atoms. The van der Waals surface area contributed by atoms with Crippen LogP contribution in [0.5, 0.6) is 0 Å². The lowest BCUT2D eigenvalue weighted by Gasteiger charge is -2.10. The van der Waals surface area contributed by atoms with Gasteiger partial charge in [-0.3, -0.25) is 4.79 Å². The number of anilines is 1. The first-order chi connectivity index (χ1) is 8.24. The molecule has 0 unspecified atom stereocenters. The van der Waals surface area contributed by atoms with Gasteiger partial charge in [0.25, 0.3) is 5.91 Å². The van der Waals surface area contributed by atoms with Crippen molar-refractivity contribution in [1.82, 2.24) is 0 Å². The third-order valence-electron chi connectivity index (χ3n) is 1.86. The van der Waals surface area contributed by atoms with Crippen molar-refractivity contribution < 1.29 is 10.3 Å². The summed E-state index contributed by atoms with van der Waals surface area (Å²) in [5.74, 6) is -0.866. The molecule has 1 aliphatic rings. The quantitative estimate of drug-likeness (QED) is 0.707. The second-order valence-electron chi connectivity index (χ2n) is 2.78. The van der Waals surface area contributed by atoms with Crippen LogP contribution in [0, 0.1) is 0 Å². The van der Waals surface area contributed by atoms with E-state index in [1.54, 1.807) is 30.3 Å². The number of carbonyl (C=O) groups is 1. The average molecular weight is 192 g/mol. The fourth-order valence-corrected chi connectivity index (χ4v) is 1.18. The third kappa shape index (κ3) is 1.53. The number of rotatable bonds is 2. The first kappa shape index (κ1) is 5.29. The highest BCUT2D eigenvalue weighted by Gasteiger charge is 2.23. The van der Waals surface area contributed by atoms with Crippen LogP contribution in [0.25, 0.3) is 0 Å². The molecule has 2 rings (SSSR count). The fourth-order valence-electron chi connectivity index (χ4n) is 1.18. The molecule has 0 saturated heterocycles. The van der Waals surface area contributed by atoms with E-state index >= 15 is 0 Å². The van der Waals surface area contributed by atoms with Gasteiger partial charge in [0.05, 0.1) is 12.1 Å². The predicted octanol–water partition coefficient (Wildman–Crippen LogP) is 2.19. The minimum absolute atomic E-state index is 0.399. The molecule has 1 amide bonds. The molecule has 0 bridgehead atoms. The second-order valence-corrected chi connectivity index (χ2v) is 2.78. The number of amides is 1. The van der Waals surface area contributed by atoms with E-state index < -0.39 is 24.4 Å². The number of hydrazone groups is 1. The van der Waals surface area contributed by atoms with Gasteiger partial charge in [-0.15, -0.1) is 0 Å². The maximum atomic E-state index is 12.0. The summed E-state index contributed by atoms with van der Waals surface area (Å²) < 4.78 is 30.5. The number of benzene rings is 1. The van der Waals surface area contributed by atoms with E-state index in [1.807, 2.05) is 0 Å². The summed E-state index contributed by atoms with van der Waals surface area (Å²) in [5.41, 5.74) is 0.0227. The topological polar surface area (TPSA) is 32.7 Å². The molecule has 0 atom stereocenters. The summed E-state index contributed by atoms with van der Waals surface area (Å²) in [5, 5.41) is 4.73. The molecular formula is C11H12N2O. The van der Waals surface area contributed by atoms with Crippen molar-refractivity contribution >= 4 is 17.3 Å². The molecule has 0 radical (unpaired) electrons. The molecule has 1 aromatic carbocycles. The Hall–Kier alpha value is -1.64. The third-order valence-corrected chi connectivity index (χ3v) is 1.86. The first-order valence-electron chi connectivity index (χ1n) is 6.24. The summed E-state index contributed by atoms with van der Waals surface area (Å²) in [6.07, 6.45) is -4.39. The number of nitrogens with zero attached hydrogens (tertiary/aromatic N) is 2. The van der Waals surface area contributed by atoms with Crippen molar-refractivity contribution in [2.24, 2.45) is 5.10 Å².